The molecule has 8 heteroatoms. The second-order valence-corrected chi connectivity index (χ2v) is 6.78. The van der Waals surface area contributed by atoms with Crippen molar-refractivity contribution in [3.8, 4) is 0 Å². The SMILES string of the molecule is Cc1ccn(CC(=O)N2CCC[C@H](C(=O)c3cccc(C(F)(F)F)c3)C2)n1. The Kier molecular flexibility index (Phi) is 5.34. The molecule has 5 nitrogen and oxygen atoms in total. The van der Waals surface area contributed by atoms with Crippen LogP contribution in [0.15, 0.2) is 36.5 Å². The van der Waals surface area contributed by atoms with E-state index in [0.29, 0.717) is 19.4 Å². The molecule has 0 unspecified atom stereocenters. The minimum Gasteiger partial charge on any atom is -0.340 e. The lowest BCUT2D eigenvalue weighted by Gasteiger charge is -2.32. The molecule has 1 saturated heterocycles. The molecule has 0 saturated carbocycles. The Bertz CT molecular complexity index is 845. The van der Waals surface area contributed by atoms with E-state index in [0.717, 1.165) is 17.8 Å². The van der Waals surface area contributed by atoms with Gasteiger partial charge in [-0.1, -0.05) is 12.1 Å². The zero-order chi connectivity index (χ0) is 19.6. The van der Waals surface area contributed by atoms with Gasteiger partial charge in [0.2, 0.25) is 5.91 Å². The number of ketones is 1. The molecule has 1 aromatic carbocycles. The number of nitrogens with zero attached hydrogens (tertiary/aromatic N) is 3. The zero-order valence-corrected chi connectivity index (χ0v) is 14.9. The van der Waals surface area contributed by atoms with Crippen molar-refractivity contribution < 1.29 is 22.8 Å². The highest BCUT2D eigenvalue weighted by molar-refractivity contribution is 5.98. The lowest BCUT2D eigenvalue weighted by Crippen LogP contribution is -2.43. The quantitative estimate of drug-likeness (QED) is 0.766. The third-order valence-corrected chi connectivity index (χ3v) is 4.69. The van der Waals surface area contributed by atoms with Gasteiger partial charge in [-0.2, -0.15) is 18.3 Å². The molecule has 27 heavy (non-hydrogen) atoms. The maximum absolute atomic E-state index is 12.9. The summed E-state index contributed by atoms with van der Waals surface area (Å²) >= 11 is 0. The average Bonchev–Trinajstić information content (AvgIpc) is 3.05. The molecule has 0 bridgehead atoms. The first-order chi connectivity index (χ1) is 12.7. The van der Waals surface area contributed by atoms with Crippen LogP contribution >= 0.6 is 0 Å². The summed E-state index contributed by atoms with van der Waals surface area (Å²) in [7, 11) is 0. The summed E-state index contributed by atoms with van der Waals surface area (Å²) in [6, 6.07) is 6.26. The summed E-state index contributed by atoms with van der Waals surface area (Å²) in [6.07, 6.45) is -1.59. The van der Waals surface area contributed by atoms with E-state index in [1.807, 2.05) is 6.92 Å². The van der Waals surface area contributed by atoms with E-state index in [1.54, 1.807) is 17.2 Å². The van der Waals surface area contributed by atoms with Gasteiger partial charge in [0.25, 0.3) is 0 Å². The number of hydrogen-bond donors (Lipinski definition) is 0. The van der Waals surface area contributed by atoms with E-state index in [1.165, 1.54) is 16.8 Å². The highest BCUT2D eigenvalue weighted by Gasteiger charge is 2.33. The third-order valence-electron chi connectivity index (χ3n) is 4.69. The number of carbonyl (C=O) groups excluding carboxylic acids is 2. The molecule has 144 valence electrons. The Balaban J connectivity index is 1.68. The van der Waals surface area contributed by atoms with Gasteiger partial charge in [-0.05, 0) is 38.0 Å². The fraction of sp³-hybridized carbons (Fsp3) is 0.421. The van der Waals surface area contributed by atoms with Crippen LogP contribution in [0.5, 0.6) is 0 Å². The monoisotopic (exact) mass is 379 g/mol. The van der Waals surface area contributed by atoms with Crippen molar-refractivity contribution in [1.82, 2.24) is 14.7 Å². The predicted octanol–water partition coefficient (Wildman–Crippen LogP) is 3.33. The van der Waals surface area contributed by atoms with Crippen molar-refractivity contribution >= 4 is 11.7 Å². The van der Waals surface area contributed by atoms with Crippen molar-refractivity contribution in [2.24, 2.45) is 5.92 Å². The van der Waals surface area contributed by atoms with Gasteiger partial charge >= 0.3 is 6.18 Å². The molecule has 2 aromatic rings. The van der Waals surface area contributed by atoms with E-state index >= 15 is 0 Å². The van der Waals surface area contributed by atoms with Gasteiger partial charge in [-0.15, -0.1) is 0 Å². The first-order valence-corrected chi connectivity index (χ1v) is 8.73. The minimum absolute atomic E-state index is 0.0341. The number of alkyl halides is 3. The number of Topliss-reactive ketones (excluding diaryl/α,β-unsaturated/α-hetero) is 1. The van der Waals surface area contributed by atoms with E-state index < -0.39 is 17.7 Å². The van der Waals surface area contributed by atoms with Crippen molar-refractivity contribution in [3.05, 3.63) is 53.3 Å². The van der Waals surface area contributed by atoms with Crippen LogP contribution in [0.3, 0.4) is 0 Å². The van der Waals surface area contributed by atoms with Gasteiger partial charge in [0.15, 0.2) is 5.78 Å². The summed E-state index contributed by atoms with van der Waals surface area (Å²) in [5, 5.41) is 4.18. The Morgan fingerprint density at radius 2 is 2.04 bits per heavy atom. The van der Waals surface area contributed by atoms with E-state index in [-0.39, 0.29) is 30.3 Å². The molecule has 0 N–H and O–H groups in total. The van der Waals surface area contributed by atoms with Crippen LogP contribution in [-0.4, -0.2) is 39.5 Å². The summed E-state index contributed by atoms with van der Waals surface area (Å²) in [5.74, 6) is -1.00. The molecule has 1 fully saturated rings. The standard InChI is InChI=1S/C19H20F3N3O2/c1-13-7-9-25(23-13)12-17(26)24-8-3-5-15(11-24)18(27)14-4-2-6-16(10-14)19(20,21)22/h2,4,6-7,9-10,15H,3,5,8,11-12H2,1H3/t15-/m0/s1. The number of carbonyl (C=O) groups is 2. The largest absolute Gasteiger partial charge is 0.416 e. The van der Waals surface area contributed by atoms with Crippen molar-refractivity contribution in [2.45, 2.75) is 32.5 Å². The van der Waals surface area contributed by atoms with Crippen LogP contribution in [0.4, 0.5) is 13.2 Å². The molecule has 0 spiro atoms. The molecular weight excluding hydrogens is 359 g/mol. The lowest BCUT2D eigenvalue weighted by atomic mass is 9.89. The third kappa shape index (κ3) is 4.56. The molecule has 3 rings (SSSR count). The molecule has 1 amide bonds. The summed E-state index contributed by atoms with van der Waals surface area (Å²) in [6.45, 7) is 2.66. The van der Waals surface area contributed by atoms with Crippen LogP contribution in [0.1, 0.15) is 34.5 Å². The molecule has 0 aliphatic carbocycles. The fourth-order valence-electron chi connectivity index (χ4n) is 3.29. The van der Waals surface area contributed by atoms with Crippen LogP contribution in [-0.2, 0) is 17.5 Å². The first-order valence-electron chi connectivity index (χ1n) is 8.73. The maximum atomic E-state index is 12.9. The van der Waals surface area contributed by atoms with Gasteiger partial charge in [0, 0.05) is 30.8 Å². The molecule has 1 aliphatic rings. The number of rotatable bonds is 4. The van der Waals surface area contributed by atoms with E-state index in [2.05, 4.69) is 5.10 Å². The highest BCUT2D eigenvalue weighted by atomic mass is 19.4. The zero-order valence-electron chi connectivity index (χ0n) is 14.9. The Morgan fingerprint density at radius 3 is 2.70 bits per heavy atom. The number of amides is 1. The topological polar surface area (TPSA) is 55.2 Å². The summed E-state index contributed by atoms with van der Waals surface area (Å²) < 4.78 is 40.2. The summed E-state index contributed by atoms with van der Waals surface area (Å²) in [5.41, 5.74) is -0.00276. The van der Waals surface area contributed by atoms with Gasteiger partial charge in [-0.25, -0.2) is 0 Å². The summed E-state index contributed by atoms with van der Waals surface area (Å²) in [4.78, 5) is 26.8. The highest BCUT2D eigenvalue weighted by Crippen LogP contribution is 2.30. The van der Waals surface area contributed by atoms with Crippen LogP contribution in [0, 0.1) is 12.8 Å². The number of aromatic nitrogens is 2. The van der Waals surface area contributed by atoms with Gasteiger partial charge in [-0.3, -0.25) is 14.3 Å². The smallest absolute Gasteiger partial charge is 0.340 e. The molecular formula is C19H20F3N3O2. The maximum Gasteiger partial charge on any atom is 0.416 e. The molecule has 1 aliphatic heterocycles. The van der Waals surface area contributed by atoms with E-state index in [4.69, 9.17) is 0 Å². The first kappa shape index (κ1) is 19.1. The Morgan fingerprint density at radius 1 is 1.26 bits per heavy atom. The Labute approximate surface area is 154 Å². The predicted molar refractivity (Wildman–Crippen MR) is 92.0 cm³/mol. The molecule has 1 aromatic heterocycles. The van der Waals surface area contributed by atoms with Crippen molar-refractivity contribution in [2.75, 3.05) is 13.1 Å². The second-order valence-electron chi connectivity index (χ2n) is 6.78. The van der Waals surface area contributed by atoms with Crippen LogP contribution < -0.4 is 0 Å². The molecule has 1 atom stereocenters. The molecule has 0 radical (unpaired) electrons. The number of piperidine rings is 1. The molecule has 2 heterocycles. The van der Waals surface area contributed by atoms with Gasteiger partial charge in [0.1, 0.15) is 6.54 Å². The Hall–Kier alpha value is -2.64. The van der Waals surface area contributed by atoms with E-state index in [9.17, 15) is 22.8 Å². The van der Waals surface area contributed by atoms with Crippen molar-refractivity contribution in [1.29, 1.82) is 0 Å². The minimum atomic E-state index is -4.49. The normalized spacial score (nSPS) is 17.8. The number of likely N-dealkylation sites (tertiary alicyclic amines) is 1. The lowest BCUT2D eigenvalue weighted by molar-refractivity contribution is -0.137. The van der Waals surface area contributed by atoms with Crippen LogP contribution in [0.25, 0.3) is 0 Å². The number of aryl methyl sites for hydroxylation is 1. The van der Waals surface area contributed by atoms with Gasteiger partial charge < -0.3 is 4.90 Å². The number of hydrogen-bond acceptors (Lipinski definition) is 3. The van der Waals surface area contributed by atoms with Crippen LogP contribution in [0.2, 0.25) is 0 Å². The second kappa shape index (κ2) is 7.54. The number of benzene rings is 1. The average molecular weight is 379 g/mol. The van der Waals surface area contributed by atoms with Gasteiger partial charge in [0.05, 0.1) is 11.3 Å². The van der Waals surface area contributed by atoms with Crippen molar-refractivity contribution in [3.63, 3.8) is 0 Å². The number of halogens is 3. The fourth-order valence-corrected chi connectivity index (χ4v) is 3.29.